The predicted octanol–water partition coefficient (Wildman–Crippen LogP) is 3.16. The lowest BCUT2D eigenvalue weighted by atomic mass is 10.1. The molecule has 2 aromatic heterocycles. The van der Waals surface area contributed by atoms with Crippen LogP contribution in [0.2, 0.25) is 0 Å². The third-order valence-corrected chi connectivity index (χ3v) is 4.20. The molecule has 0 unspecified atom stereocenters. The molecule has 2 heterocycles. The van der Waals surface area contributed by atoms with Crippen LogP contribution in [-0.4, -0.2) is 15.5 Å². The van der Waals surface area contributed by atoms with E-state index in [1.54, 1.807) is 20.0 Å². The number of hydrogen-bond donors (Lipinski definition) is 1. The summed E-state index contributed by atoms with van der Waals surface area (Å²) >= 11 is 3.42. The number of nitrogens with one attached hydrogen (secondary N) is 1. The molecule has 3 aromatic rings. The summed E-state index contributed by atoms with van der Waals surface area (Å²) in [7, 11) is 1.58. The quantitative estimate of drug-likeness (QED) is 0.746. The van der Waals surface area contributed by atoms with Gasteiger partial charge in [0.1, 0.15) is 17.5 Å². The van der Waals surface area contributed by atoms with Gasteiger partial charge in [-0.2, -0.15) is 0 Å². The molecule has 6 nitrogen and oxygen atoms in total. The molecule has 0 aliphatic rings. The summed E-state index contributed by atoms with van der Waals surface area (Å²) in [6, 6.07) is 5.59. The van der Waals surface area contributed by atoms with Gasteiger partial charge in [0.15, 0.2) is 0 Å². The molecule has 0 saturated heterocycles. The molecule has 7 heteroatoms. The largest absolute Gasteiger partial charge is 0.442 e. The van der Waals surface area contributed by atoms with Crippen molar-refractivity contribution in [3.63, 3.8) is 0 Å². The highest BCUT2D eigenvalue weighted by atomic mass is 79.9. The van der Waals surface area contributed by atoms with Crippen LogP contribution in [0.1, 0.15) is 21.7 Å². The van der Waals surface area contributed by atoms with Gasteiger partial charge < -0.3 is 14.3 Å². The molecule has 0 atom stereocenters. The van der Waals surface area contributed by atoms with Crippen molar-refractivity contribution in [2.24, 2.45) is 7.05 Å². The first-order chi connectivity index (χ1) is 10.9. The number of halogens is 1. The minimum atomic E-state index is -0.407. The highest BCUT2D eigenvalue weighted by Gasteiger charge is 2.22. The number of carbonyl (C=O) groups is 1. The van der Waals surface area contributed by atoms with Crippen LogP contribution in [0.15, 0.2) is 38.2 Å². The van der Waals surface area contributed by atoms with Crippen LogP contribution in [0.4, 0.5) is 5.69 Å². The number of anilines is 1. The molecule has 1 aromatic carbocycles. The summed E-state index contributed by atoms with van der Waals surface area (Å²) in [5.41, 5.74) is 1.74. The Balaban J connectivity index is 2.09. The molecule has 0 spiro atoms. The maximum atomic E-state index is 12.6. The zero-order valence-electron chi connectivity index (χ0n) is 12.8. The molecule has 0 saturated carbocycles. The minimum Gasteiger partial charge on any atom is -0.442 e. The van der Waals surface area contributed by atoms with Crippen LogP contribution >= 0.6 is 15.9 Å². The van der Waals surface area contributed by atoms with Crippen molar-refractivity contribution in [2.45, 2.75) is 13.8 Å². The molecule has 1 amide bonds. The second kappa shape index (κ2) is 5.66. The molecule has 0 aliphatic carbocycles. The van der Waals surface area contributed by atoms with Crippen LogP contribution in [0.3, 0.4) is 0 Å². The average Bonchev–Trinajstić information content (AvgIpc) is 2.83. The van der Waals surface area contributed by atoms with Gasteiger partial charge in [-0.15, -0.1) is 0 Å². The Hall–Kier alpha value is -2.41. The maximum absolute atomic E-state index is 12.6. The first kappa shape index (κ1) is 15.5. The van der Waals surface area contributed by atoms with Crippen LogP contribution in [-0.2, 0) is 7.05 Å². The Morgan fingerprint density at radius 3 is 2.78 bits per heavy atom. The monoisotopic (exact) mass is 375 g/mol. The number of aromatic nitrogens is 2. The Kier molecular flexibility index (Phi) is 3.81. The molecular formula is C16H14BrN3O3. The first-order valence-corrected chi connectivity index (χ1v) is 7.70. The van der Waals surface area contributed by atoms with Crippen molar-refractivity contribution >= 4 is 38.6 Å². The van der Waals surface area contributed by atoms with Crippen LogP contribution in [0.25, 0.3) is 11.1 Å². The second-order valence-electron chi connectivity index (χ2n) is 5.31. The molecule has 0 radical (unpaired) electrons. The Morgan fingerprint density at radius 2 is 2.09 bits per heavy atom. The number of amides is 1. The van der Waals surface area contributed by atoms with Crippen molar-refractivity contribution in [3.8, 4) is 0 Å². The highest BCUT2D eigenvalue weighted by Crippen LogP contribution is 2.26. The van der Waals surface area contributed by atoms with Crippen molar-refractivity contribution in [1.29, 1.82) is 0 Å². The third kappa shape index (κ3) is 2.68. The smallest absolute Gasteiger partial charge is 0.265 e. The average molecular weight is 376 g/mol. The Morgan fingerprint density at radius 1 is 1.35 bits per heavy atom. The van der Waals surface area contributed by atoms with E-state index in [-0.39, 0.29) is 22.2 Å². The SMILES string of the molecule is Cc1ccc(NC(=O)c2c(C)oc3ncn(C)c(=O)c23)c(Br)c1. The normalized spacial score (nSPS) is 11.0. The minimum absolute atomic E-state index is 0.165. The molecule has 23 heavy (non-hydrogen) atoms. The topological polar surface area (TPSA) is 77.1 Å². The summed E-state index contributed by atoms with van der Waals surface area (Å²) in [5, 5.41) is 2.99. The Bertz CT molecular complexity index is 988. The van der Waals surface area contributed by atoms with Gasteiger partial charge in [0.05, 0.1) is 11.3 Å². The number of hydrogen-bond acceptors (Lipinski definition) is 4. The zero-order valence-corrected chi connectivity index (χ0v) is 14.4. The van der Waals surface area contributed by atoms with E-state index in [1.165, 1.54) is 10.9 Å². The van der Waals surface area contributed by atoms with E-state index in [4.69, 9.17) is 4.42 Å². The number of furan rings is 1. The third-order valence-electron chi connectivity index (χ3n) is 3.55. The lowest BCUT2D eigenvalue weighted by molar-refractivity contribution is 0.102. The van der Waals surface area contributed by atoms with E-state index in [0.717, 1.165) is 10.0 Å². The number of rotatable bonds is 2. The van der Waals surface area contributed by atoms with E-state index < -0.39 is 5.91 Å². The van der Waals surface area contributed by atoms with Crippen LogP contribution < -0.4 is 10.9 Å². The summed E-state index contributed by atoms with van der Waals surface area (Å²) < 4.78 is 7.53. The molecule has 118 valence electrons. The van der Waals surface area contributed by atoms with E-state index in [0.29, 0.717) is 11.4 Å². The molecule has 0 fully saturated rings. The number of carbonyl (C=O) groups excluding carboxylic acids is 1. The molecule has 0 aliphatic heterocycles. The van der Waals surface area contributed by atoms with Crippen LogP contribution in [0.5, 0.6) is 0 Å². The number of fused-ring (bicyclic) bond motifs is 1. The molecule has 3 rings (SSSR count). The van der Waals surface area contributed by atoms with Crippen molar-refractivity contribution < 1.29 is 9.21 Å². The van der Waals surface area contributed by atoms with E-state index in [9.17, 15) is 9.59 Å². The van der Waals surface area contributed by atoms with E-state index in [2.05, 4.69) is 26.2 Å². The lowest BCUT2D eigenvalue weighted by Crippen LogP contribution is -2.20. The molecule has 1 N–H and O–H groups in total. The summed E-state index contributed by atoms with van der Waals surface area (Å²) in [5.74, 6) is -0.0487. The van der Waals surface area contributed by atoms with Gasteiger partial charge >= 0.3 is 0 Å². The van der Waals surface area contributed by atoms with E-state index >= 15 is 0 Å². The predicted molar refractivity (Wildman–Crippen MR) is 90.8 cm³/mol. The van der Waals surface area contributed by atoms with Gasteiger partial charge in [-0.25, -0.2) is 4.98 Å². The van der Waals surface area contributed by atoms with Crippen LogP contribution in [0, 0.1) is 13.8 Å². The fourth-order valence-corrected chi connectivity index (χ4v) is 2.96. The van der Waals surface area contributed by atoms with Crippen molar-refractivity contribution in [2.75, 3.05) is 5.32 Å². The second-order valence-corrected chi connectivity index (χ2v) is 6.17. The van der Waals surface area contributed by atoms with Gasteiger partial charge in [0, 0.05) is 11.5 Å². The molecule has 0 bridgehead atoms. The fourth-order valence-electron chi connectivity index (χ4n) is 2.37. The van der Waals surface area contributed by atoms with E-state index in [1.807, 2.05) is 19.1 Å². The van der Waals surface area contributed by atoms with Gasteiger partial charge in [0.2, 0.25) is 5.71 Å². The highest BCUT2D eigenvalue weighted by molar-refractivity contribution is 9.10. The summed E-state index contributed by atoms with van der Waals surface area (Å²) in [6.07, 6.45) is 1.37. The summed E-state index contributed by atoms with van der Waals surface area (Å²) in [6.45, 7) is 3.60. The lowest BCUT2D eigenvalue weighted by Gasteiger charge is -2.08. The number of benzene rings is 1. The van der Waals surface area contributed by atoms with Gasteiger partial charge in [-0.3, -0.25) is 9.59 Å². The maximum Gasteiger partial charge on any atom is 0.265 e. The standard InChI is InChI=1S/C16H14BrN3O3/c1-8-4-5-11(10(17)6-8)19-14(21)12-9(2)23-15-13(12)16(22)20(3)7-18-15/h4-7H,1-3H3,(H,19,21). The molecular weight excluding hydrogens is 362 g/mol. The van der Waals surface area contributed by atoms with Gasteiger partial charge in [-0.05, 0) is 47.5 Å². The zero-order chi connectivity index (χ0) is 16.7. The first-order valence-electron chi connectivity index (χ1n) is 6.90. The Labute approximate surface area is 140 Å². The van der Waals surface area contributed by atoms with Crippen molar-refractivity contribution in [3.05, 3.63) is 56.2 Å². The number of nitrogens with zero attached hydrogens (tertiary/aromatic N) is 2. The number of aryl methyl sites for hydroxylation is 3. The van der Waals surface area contributed by atoms with Gasteiger partial charge in [-0.1, -0.05) is 6.07 Å². The van der Waals surface area contributed by atoms with Gasteiger partial charge in [0.25, 0.3) is 11.5 Å². The fraction of sp³-hybridized carbons (Fsp3) is 0.188. The van der Waals surface area contributed by atoms with Crippen molar-refractivity contribution in [1.82, 2.24) is 9.55 Å². The summed E-state index contributed by atoms with van der Waals surface area (Å²) in [4.78, 5) is 29.0.